The van der Waals surface area contributed by atoms with Gasteiger partial charge in [0.2, 0.25) is 0 Å². The number of fused-ring (bicyclic) bond motifs is 1. The largest absolute Gasteiger partial charge is 0.494 e. The number of methoxy groups -OCH3 is 2. The number of hydrazine groups is 2. The summed E-state index contributed by atoms with van der Waals surface area (Å²) in [4.78, 5) is 29.5. The van der Waals surface area contributed by atoms with Gasteiger partial charge in [-0.3, -0.25) is 15.2 Å². The summed E-state index contributed by atoms with van der Waals surface area (Å²) >= 11 is 0. The van der Waals surface area contributed by atoms with Gasteiger partial charge in [-0.1, -0.05) is 19.4 Å². The average molecular weight is 509 g/mol. The van der Waals surface area contributed by atoms with Crippen LogP contribution in [0.25, 0.3) is 5.65 Å². The summed E-state index contributed by atoms with van der Waals surface area (Å²) in [7, 11) is 2.53. The van der Waals surface area contributed by atoms with Gasteiger partial charge in [0.1, 0.15) is 11.3 Å². The molecule has 0 saturated heterocycles. The molecule has 0 spiro atoms. The van der Waals surface area contributed by atoms with Crippen LogP contribution in [0, 0.1) is 11.7 Å². The monoisotopic (exact) mass is 508 g/mol. The number of pyridine rings is 1. The number of amides is 1. The first-order chi connectivity index (χ1) is 17.9. The number of halogens is 1. The molecule has 1 aliphatic carbocycles. The Hall–Kier alpha value is -4.12. The highest BCUT2D eigenvalue weighted by atomic mass is 19.1. The van der Waals surface area contributed by atoms with Crippen molar-refractivity contribution in [2.24, 2.45) is 5.92 Å². The fourth-order valence-electron chi connectivity index (χ4n) is 4.69. The van der Waals surface area contributed by atoms with E-state index in [1.165, 1.54) is 44.8 Å². The number of esters is 1. The third-order valence-electron chi connectivity index (χ3n) is 6.85. The molecule has 10 nitrogen and oxygen atoms in total. The number of rotatable bonds is 9. The fraction of sp³-hybridized carbons (Fsp3) is 0.346. The molecule has 2 unspecified atom stereocenters. The summed E-state index contributed by atoms with van der Waals surface area (Å²) in [6.07, 6.45) is 8.18. The summed E-state index contributed by atoms with van der Waals surface area (Å²) in [6, 6.07) is 6.93. The number of hydrogen-bond donors (Lipinski definition) is 3. The van der Waals surface area contributed by atoms with Gasteiger partial charge in [-0.2, -0.15) is 0 Å². The van der Waals surface area contributed by atoms with E-state index < -0.39 is 17.7 Å². The van der Waals surface area contributed by atoms with E-state index in [0.29, 0.717) is 12.5 Å². The number of nitrogens with one attached hydrogen (secondary N) is 3. The van der Waals surface area contributed by atoms with E-state index in [1.54, 1.807) is 11.2 Å². The summed E-state index contributed by atoms with van der Waals surface area (Å²) in [5.41, 5.74) is 8.96. The number of benzene rings is 1. The molecule has 2 atom stereocenters. The van der Waals surface area contributed by atoms with Crippen molar-refractivity contribution in [1.82, 2.24) is 30.7 Å². The molecule has 3 heterocycles. The van der Waals surface area contributed by atoms with Gasteiger partial charge in [-0.05, 0) is 42.0 Å². The second-order valence-corrected chi connectivity index (χ2v) is 9.16. The molecule has 1 aromatic carbocycles. The van der Waals surface area contributed by atoms with Gasteiger partial charge in [0.15, 0.2) is 11.6 Å². The fourth-order valence-corrected chi connectivity index (χ4v) is 4.69. The maximum atomic E-state index is 14.8. The van der Waals surface area contributed by atoms with E-state index in [2.05, 4.69) is 40.4 Å². The average Bonchev–Trinajstić information content (AvgIpc) is 3.36. The standard InChI is InChI=1S/C26H29FN6O4/c1-4-15-9-19(15)16-5-8-23-29-17(12-32(23)11-16)13-33-14-21(30-31-33)25(34)28-10-20-18(26(35)37-3)6-7-22(36-2)24(20)27/h5-8,11-12,14-15,19,30-31H,4,9-10,13H2,1-3H3,(H,28,34). The predicted octanol–water partition coefficient (Wildman–Crippen LogP) is 2.76. The first-order valence-corrected chi connectivity index (χ1v) is 12.1. The molecular weight excluding hydrogens is 479 g/mol. The van der Waals surface area contributed by atoms with Crippen molar-refractivity contribution >= 4 is 17.5 Å². The summed E-state index contributed by atoms with van der Waals surface area (Å²) in [5, 5.41) is 4.32. The lowest BCUT2D eigenvalue weighted by atomic mass is 10.1. The molecule has 37 heavy (non-hydrogen) atoms. The van der Waals surface area contributed by atoms with Crippen molar-refractivity contribution in [3.8, 4) is 5.75 Å². The third-order valence-corrected chi connectivity index (χ3v) is 6.85. The van der Waals surface area contributed by atoms with Crippen LogP contribution in [0.4, 0.5) is 4.39 Å². The molecule has 2 aromatic heterocycles. The number of carbonyl (C=O) groups is 2. The quantitative estimate of drug-likeness (QED) is 0.379. The second-order valence-electron chi connectivity index (χ2n) is 9.16. The van der Waals surface area contributed by atoms with Gasteiger partial charge in [-0.25, -0.2) is 14.2 Å². The molecule has 3 N–H and O–H groups in total. The van der Waals surface area contributed by atoms with Crippen molar-refractivity contribution in [3.63, 3.8) is 0 Å². The Morgan fingerprint density at radius 3 is 2.78 bits per heavy atom. The Morgan fingerprint density at radius 1 is 1.22 bits per heavy atom. The van der Waals surface area contributed by atoms with Crippen LogP contribution in [-0.2, 0) is 22.6 Å². The number of imidazole rings is 1. The van der Waals surface area contributed by atoms with E-state index in [0.717, 1.165) is 17.3 Å². The molecular formula is C26H29FN6O4. The Kier molecular flexibility index (Phi) is 6.70. The molecule has 1 amide bonds. The number of hydrogen-bond acceptors (Lipinski definition) is 8. The smallest absolute Gasteiger partial charge is 0.338 e. The zero-order valence-corrected chi connectivity index (χ0v) is 20.9. The van der Waals surface area contributed by atoms with Crippen LogP contribution >= 0.6 is 0 Å². The Labute approximate surface area is 213 Å². The SMILES string of the molecule is CCC1CC1c1ccc2nc(CN3C=C(C(=O)NCc4c(C(=O)OC)ccc(OC)c4F)NN3)cn2c1. The molecule has 0 bridgehead atoms. The van der Waals surface area contributed by atoms with E-state index in [1.807, 2.05) is 16.7 Å². The van der Waals surface area contributed by atoms with E-state index in [4.69, 9.17) is 9.47 Å². The zero-order chi connectivity index (χ0) is 26.1. The van der Waals surface area contributed by atoms with Crippen LogP contribution in [-0.4, -0.2) is 40.5 Å². The second kappa shape index (κ2) is 10.1. The number of carbonyl (C=O) groups excluding carboxylic acids is 2. The highest BCUT2D eigenvalue weighted by molar-refractivity contribution is 5.94. The normalized spacial score (nSPS) is 18.4. The molecule has 11 heteroatoms. The molecule has 1 saturated carbocycles. The summed E-state index contributed by atoms with van der Waals surface area (Å²) < 4.78 is 26.6. The van der Waals surface area contributed by atoms with Crippen molar-refractivity contribution < 1.29 is 23.5 Å². The first-order valence-electron chi connectivity index (χ1n) is 12.1. The van der Waals surface area contributed by atoms with Crippen LogP contribution in [0.1, 0.15) is 52.9 Å². The van der Waals surface area contributed by atoms with E-state index >= 15 is 0 Å². The molecule has 0 radical (unpaired) electrons. The van der Waals surface area contributed by atoms with Crippen LogP contribution < -0.4 is 21.0 Å². The van der Waals surface area contributed by atoms with Crippen molar-refractivity contribution in [3.05, 3.63) is 76.8 Å². The predicted molar refractivity (Wildman–Crippen MR) is 132 cm³/mol. The van der Waals surface area contributed by atoms with Gasteiger partial charge in [0.05, 0.1) is 32.0 Å². The lowest BCUT2D eigenvalue weighted by Gasteiger charge is -2.13. The van der Waals surface area contributed by atoms with Gasteiger partial charge in [-0.15, -0.1) is 5.53 Å². The maximum absolute atomic E-state index is 14.8. The molecule has 1 fully saturated rings. The van der Waals surface area contributed by atoms with Crippen LogP contribution in [0.3, 0.4) is 0 Å². The van der Waals surface area contributed by atoms with Gasteiger partial charge in [0, 0.05) is 30.7 Å². The Morgan fingerprint density at radius 2 is 2.05 bits per heavy atom. The van der Waals surface area contributed by atoms with Crippen LogP contribution in [0.15, 0.2) is 48.6 Å². The number of aromatic nitrogens is 2. The van der Waals surface area contributed by atoms with Crippen molar-refractivity contribution in [2.75, 3.05) is 14.2 Å². The number of ether oxygens (including phenoxy) is 2. The molecule has 5 rings (SSSR count). The number of nitrogens with zero attached hydrogens (tertiary/aromatic N) is 3. The minimum atomic E-state index is -0.735. The molecule has 1 aliphatic heterocycles. The lowest BCUT2D eigenvalue weighted by molar-refractivity contribution is -0.118. The zero-order valence-electron chi connectivity index (χ0n) is 20.9. The van der Waals surface area contributed by atoms with E-state index in [-0.39, 0.29) is 29.1 Å². The molecule has 2 aliphatic rings. The van der Waals surface area contributed by atoms with Crippen molar-refractivity contribution in [1.29, 1.82) is 0 Å². The highest BCUT2D eigenvalue weighted by Gasteiger charge is 2.36. The maximum Gasteiger partial charge on any atom is 0.338 e. The summed E-state index contributed by atoms with van der Waals surface area (Å²) in [5.74, 6) is -0.544. The molecule has 194 valence electrons. The van der Waals surface area contributed by atoms with Crippen LogP contribution in [0.2, 0.25) is 0 Å². The topological polar surface area (TPSA) is 109 Å². The summed E-state index contributed by atoms with van der Waals surface area (Å²) in [6.45, 7) is 2.41. The lowest BCUT2D eigenvalue weighted by Crippen LogP contribution is -2.38. The third kappa shape index (κ3) is 4.94. The van der Waals surface area contributed by atoms with Crippen molar-refractivity contribution in [2.45, 2.75) is 38.8 Å². The Bertz CT molecular complexity index is 1390. The molecule has 3 aromatic rings. The highest BCUT2D eigenvalue weighted by Crippen LogP contribution is 2.49. The Balaban J connectivity index is 1.24. The van der Waals surface area contributed by atoms with E-state index in [9.17, 15) is 14.0 Å². The first kappa shape index (κ1) is 24.6. The van der Waals surface area contributed by atoms with Crippen LogP contribution in [0.5, 0.6) is 5.75 Å². The van der Waals surface area contributed by atoms with Gasteiger partial charge in [0.25, 0.3) is 5.91 Å². The minimum Gasteiger partial charge on any atom is -0.494 e. The van der Waals surface area contributed by atoms with Gasteiger partial charge < -0.3 is 19.2 Å². The minimum absolute atomic E-state index is 0.0103. The van der Waals surface area contributed by atoms with Gasteiger partial charge >= 0.3 is 5.97 Å².